The van der Waals surface area contributed by atoms with Crippen LogP contribution in [0.4, 0.5) is 10.5 Å². The topological polar surface area (TPSA) is 120 Å². The number of hydrogen-bond acceptors (Lipinski definition) is 5. The van der Waals surface area contributed by atoms with E-state index in [-0.39, 0.29) is 11.6 Å². The quantitative estimate of drug-likeness (QED) is 0.386. The average molecular weight is 449 g/mol. The molecule has 1 aliphatic rings. The maximum atomic E-state index is 12.7. The second-order valence-corrected chi connectivity index (χ2v) is 8.18. The van der Waals surface area contributed by atoms with Crippen molar-refractivity contribution in [3.63, 3.8) is 0 Å². The zero-order valence-corrected chi connectivity index (χ0v) is 17.9. The molecular formula is C25H19N7O2. The summed E-state index contributed by atoms with van der Waals surface area (Å²) in [5.74, 6) is 0. The van der Waals surface area contributed by atoms with E-state index in [2.05, 4.69) is 30.7 Å². The number of urea groups is 1. The minimum Gasteiger partial charge on any atom is -0.316 e. The van der Waals surface area contributed by atoms with Gasteiger partial charge in [0, 0.05) is 42.1 Å². The van der Waals surface area contributed by atoms with E-state index < -0.39 is 0 Å². The highest BCUT2D eigenvalue weighted by molar-refractivity contribution is 5.90. The van der Waals surface area contributed by atoms with Crippen molar-refractivity contribution < 1.29 is 4.79 Å². The van der Waals surface area contributed by atoms with Gasteiger partial charge >= 0.3 is 6.03 Å². The molecule has 4 heterocycles. The van der Waals surface area contributed by atoms with E-state index >= 15 is 0 Å². The molecule has 9 nitrogen and oxygen atoms in total. The van der Waals surface area contributed by atoms with Crippen molar-refractivity contribution in [3.05, 3.63) is 94.7 Å². The fraction of sp³-hybridized carbons (Fsp3) is 0.0800. The highest BCUT2D eigenvalue weighted by Crippen LogP contribution is 2.26. The molecule has 166 valence electrons. The van der Waals surface area contributed by atoms with Crippen molar-refractivity contribution >= 4 is 22.6 Å². The minimum atomic E-state index is -0.266. The molecule has 0 atom stereocenters. The summed E-state index contributed by atoms with van der Waals surface area (Å²) in [6.45, 7) is 1.11. The van der Waals surface area contributed by atoms with Crippen LogP contribution in [0.2, 0.25) is 0 Å². The molecule has 2 amide bonds. The number of pyridine rings is 1. The lowest BCUT2D eigenvalue weighted by atomic mass is 10.0. The number of anilines is 1. The molecule has 3 aromatic heterocycles. The molecule has 2 aromatic carbocycles. The third-order valence-electron chi connectivity index (χ3n) is 6.00. The Morgan fingerprint density at radius 1 is 0.912 bits per heavy atom. The van der Waals surface area contributed by atoms with Gasteiger partial charge in [0.05, 0.1) is 23.0 Å². The summed E-state index contributed by atoms with van der Waals surface area (Å²) in [6.07, 6.45) is 5.26. The van der Waals surface area contributed by atoms with Crippen LogP contribution in [0.15, 0.2) is 78.0 Å². The molecule has 1 aliphatic heterocycles. The maximum absolute atomic E-state index is 12.7. The van der Waals surface area contributed by atoms with Crippen molar-refractivity contribution in [1.29, 1.82) is 0 Å². The summed E-state index contributed by atoms with van der Waals surface area (Å²) in [7, 11) is 0. The summed E-state index contributed by atoms with van der Waals surface area (Å²) in [6, 6.07) is 16.6. The third kappa shape index (κ3) is 3.58. The summed E-state index contributed by atoms with van der Waals surface area (Å²) in [4.78, 5) is 31.0. The first-order valence-electron chi connectivity index (χ1n) is 10.8. The second kappa shape index (κ2) is 7.96. The first-order valence-corrected chi connectivity index (χ1v) is 10.8. The van der Waals surface area contributed by atoms with Crippen LogP contribution in [-0.2, 0) is 13.1 Å². The molecule has 0 aliphatic carbocycles. The van der Waals surface area contributed by atoms with Crippen LogP contribution in [-0.4, -0.2) is 36.3 Å². The number of carbonyl (C=O) groups is 1. The van der Waals surface area contributed by atoms with Crippen LogP contribution in [0, 0.1) is 0 Å². The first-order chi connectivity index (χ1) is 16.6. The number of fused-ring (bicyclic) bond motifs is 2. The average Bonchev–Trinajstić information content (AvgIpc) is 3.51. The van der Waals surface area contributed by atoms with Crippen LogP contribution in [0.5, 0.6) is 0 Å². The minimum absolute atomic E-state index is 0.164. The monoisotopic (exact) mass is 449 g/mol. The van der Waals surface area contributed by atoms with Crippen molar-refractivity contribution in [2.24, 2.45) is 0 Å². The fourth-order valence-electron chi connectivity index (χ4n) is 4.17. The Hall–Kier alpha value is -4.79. The number of H-pyrrole nitrogens is 2. The third-order valence-corrected chi connectivity index (χ3v) is 6.00. The highest BCUT2D eigenvalue weighted by atomic mass is 16.2. The van der Waals surface area contributed by atoms with Crippen molar-refractivity contribution in [3.8, 4) is 22.4 Å². The van der Waals surface area contributed by atoms with Gasteiger partial charge in [-0.25, -0.2) is 9.89 Å². The van der Waals surface area contributed by atoms with E-state index in [0.29, 0.717) is 30.0 Å². The SMILES string of the molecule is O=C(Nc1ccc(-c2cc(-c3ccc4[nH]ncc4c3)c(=O)[nH]n2)cc1)N1Cc2ccncc2C1. The molecule has 0 spiro atoms. The standard InChI is InChI=1S/C25H19N7O2/c33-24-21(16-3-6-22-18(9-16)12-27-29-22)10-23(30-31-24)15-1-4-20(5-2-15)28-25(34)32-13-17-7-8-26-11-19(17)14-32/h1-12H,13-14H2,(H,27,29)(H,28,34)(H,31,33). The molecule has 0 saturated carbocycles. The summed E-state index contributed by atoms with van der Waals surface area (Å²) in [5, 5.41) is 17.6. The van der Waals surface area contributed by atoms with E-state index in [9.17, 15) is 9.59 Å². The maximum Gasteiger partial charge on any atom is 0.322 e. The van der Waals surface area contributed by atoms with Gasteiger partial charge in [-0.1, -0.05) is 18.2 Å². The second-order valence-electron chi connectivity index (χ2n) is 8.18. The molecule has 34 heavy (non-hydrogen) atoms. The van der Waals surface area contributed by atoms with Crippen LogP contribution in [0.1, 0.15) is 11.1 Å². The molecule has 5 aromatic rings. The molecule has 0 fully saturated rings. The van der Waals surface area contributed by atoms with Crippen LogP contribution in [0.25, 0.3) is 33.3 Å². The van der Waals surface area contributed by atoms with Crippen molar-refractivity contribution in [2.45, 2.75) is 13.1 Å². The predicted molar refractivity (Wildman–Crippen MR) is 128 cm³/mol. The van der Waals surface area contributed by atoms with Crippen molar-refractivity contribution in [1.82, 2.24) is 30.3 Å². The number of aromatic amines is 2. The van der Waals surface area contributed by atoms with E-state index in [0.717, 1.165) is 33.2 Å². The van der Waals surface area contributed by atoms with Gasteiger partial charge in [-0.15, -0.1) is 0 Å². The zero-order valence-electron chi connectivity index (χ0n) is 17.9. The van der Waals surface area contributed by atoms with Gasteiger partial charge in [-0.2, -0.15) is 10.2 Å². The summed E-state index contributed by atoms with van der Waals surface area (Å²) in [5.41, 5.74) is 6.25. The molecule has 3 N–H and O–H groups in total. The van der Waals surface area contributed by atoms with Gasteiger partial charge in [0.25, 0.3) is 5.56 Å². The number of nitrogens with zero attached hydrogens (tertiary/aromatic N) is 4. The van der Waals surface area contributed by atoms with E-state index in [1.807, 2.05) is 48.5 Å². The Balaban J connectivity index is 1.21. The lowest BCUT2D eigenvalue weighted by Crippen LogP contribution is -2.30. The highest BCUT2D eigenvalue weighted by Gasteiger charge is 2.23. The van der Waals surface area contributed by atoms with Gasteiger partial charge in [0.2, 0.25) is 0 Å². The van der Waals surface area contributed by atoms with Gasteiger partial charge in [-0.05, 0) is 53.1 Å². The van der Waals surface area contributed by atoms with Crippen LogP contribution in [0.3, 0.4) is 0 Å². The van der Waals surface area contributed by atoms with E-state index in [1.54, 1.807) is 29.6 Å². The number of carbonyl (C=O) groups excluding carboxylic acids is 1. The van der Waals surface area contributed by atoms with Crippen molar-refractivity contribution in [2.75, 3.05) is 5.32 Å². The molecule has 0 bridgehead atoms. The molecule has 6 rings (SSSR count). The number of amides is 2. The molecule has 0 radical (unpaired) electrons. The smallest absolute Gasteiger partial charge is 0.316 e. The Bertz CT molecular complexity index is 1560. The van der Waals surface area contributed by atoms with Gasteiger partial charge < -0.3 is 10.2 Å². The van der Waals surface area contributed by atoms with Gasteiger partial charge in [-0.3, -0.25) is 14.9 Å². The lowest BCUT2D eigenvalue weighted by molar-refractivity contribution is 0.212. The normalized spacial score (nSPS) is 12.6. The number of benzene rings is 2. The largest absolute Gasteiger partial charge is 0.322 e. The lowest BCUT2D eigenvalue weighted by Gasteiger charge is -2.16. The molecule has 0 unspecified atom stereocenters. The summed E-state index contributed by atoms with van der Waals surface area (Å²) < 4.78 is 0. The Morgan fingerprint density at radius 3 is 2.59 bits per heavy atom. The predicted octanol–water partition coefficient (Wildman–Crippen LogP) is 3.92. The van der Waals surface area contributed by atoms with Crippen LogP contribution >= 0.6 is 0 Å². The molecule has 9 heteroatoms. The summed E-state index contributed by atoms with van der Waals surface area (Å²) >= 11 is 0. The van der Waals surface area contributed by atoms with E-state index in [4.69, 9.17) is 0 Å². The first kappa shape index (κ1) is 19.9. The fourth-order valence-corrected chi connectivity index (χ4v) is 4.17. The van der Waals surface area contributed by atoms with Crippen LogP contribution < -0.4 is 10.9 Å². The zero-order chi connectivity index (χ0) is 23.1. The Labute approximate surface area is 193 Å². The Kier molecular flexibility index (Phi) is 4.65. The number of hydrogen-bond donors (Lipinski definition) is 3. The number of aromatic nitrogens is 5. The molecule has 0 saturated heterocycles. The van der Waals surface area contributed by atoms with Gasteiger partial charge in [0.1, 0.15) is 0 Å². The van der Waals surface area contributed by atoms with Gasteiger partial charge in [0.15, 0.2) is 0 Å². The molecular weight excluding hydrogens is 430 g/mol. The number of rotatable bonds is 3. The number of nitrogens with one attached hydrogen (secondary N) is 3. The Morgan fingerprint density at radius 2 is 1.74 bits per heavy atom. The van der Waals surface area contributed by atoms with E-state index in [1.165, 1.54) is 0 Å².